The first-order valence-electron chi connectivity index (χ1n) is 8.06. The summed E-state index contributed by atoms with van der Waals surface area (Å²) in [6.45, 7) is 5.64. The lowest BCUT2D eigenvalue weighted by Crippen LogP contribution is -2.34. The normalized spacial score (nSPS) is 13.2. The Hall–Kier alpha value is -0.610. The quantitative estimate of drug-likeness (QED) is 0.395. The zero-order valence-electron chi connectivity index (χ0n) is 13.7. The third kappa shape index (κ3) is 26.1. The van der Waals surface area contributed by atoms with Gasteiger partial charge in [0, 0.05) is 6.42 Å². The minimum absolute atomic E-state index is 0.343. The predicted octanol–water partition coefficient (Wildman–Crippen LogP) is 4.06. The molecule has 122 valence electrons. The highest BCUT2D eigenvalue weighted by atomic mass is 16.4. The molecule has 0 saturated heterocycles. The van der Waals surface area contributed by atoms with Crippen LogP contribution in [0.1, 0.15) is 91.4 Å². The largest absolute Gasteiger partial charge is 0.481 e. The molecule has 0 rings (SSSR count). The van der Waals surface area contributed by atoms with E-state index in [0.29, 0.717) is 12.8 Å². The van der Waals surface area contributed by atoms with Crippen LogP contribution in [0.2, 0.25) is 0 Å². The van der Waals surface area contributed by atoms with Crippen molar-refractivity contribution in [1.29, 1.82) is 0 Å². The molecule has 0 aromatic rings. The number of rotatable bonds is 11. The molecule has 4 N–H and O–H groups in total. The van der Waals surface area contributed by atoms with E-state index >= 15 is 0 Å². The number of carbonyl (C=O) groups is 1. The van der Waals surface area contributed by atoms with Gasteiger partial charge in [-0.3, -0.25) is 4.79 Å². The summed E-state index contributed by atoms with van der Waals surface area (Å²) in [5, 5.41) is 17.0. The second kappa shape index (κ2) is 14.8. The Bertz CT molecular complexity index is 212. The zero-order chi connectivity index (χ0) is 15.9. The Morgan fingerprint density at radius 3 is 1.60 bits per heavy atom. The number of aliphatic hydroxyl groups is 1. The maximum absolute atomic E-state index is 10.2. The average Bonchev–Trinajstić information content (AvgIpc) is 2.36. The maximum Gasteiger partial charge on any atom is 0.303 e. The number of hydrogen-bond acceptors (Lipinski definition) is 3. The lowest BCUT2D eigenvalue weighted by molar-refractivity contribution is -0.137. The van der Waals surface area contributed by atoms with E-state index in [1.807, 2.05) is 6.92 Å². The molecule has 20 heavy (non-hydrogen) atoms. The van der Waals surface area contributed by atoms with E-state index in [0.717, 1.165) is 12.8 Å². The molecule has 0 radical (unpaired) electrons. The summed E-state index contributed by atoms with van der Waals surface area (Å²) in [6, 6.07) is 0. The van der Waals surface area contributed by atoms with Crippen molar-refractivity contribution >= 4 is 5.97 Å². The van der Waals surface area contributed by atoms with Gasteiger partial charge >= 0.3 is 5.97 Å². The standard InChI is InChI=1S/C12H24O2.C4H11NO/c1-2-3-4-5-6-7-8-9-10-11-12(13)14;1-3-4(2,5)6/h2-11H2,1H3,(H,13,14);6H,3,5H2,1-2H3. The molecule has 0 saturated carbocycles. The third-order valence-electron chi connectivity index (χ3n) is 3.21. The van der Waals surface area contributed by atoms with Gasteiger partial charge in [0.2, 0.25) is 0 Å². The number of carboxylic acid groups (broad SMARTS) is 1. The summed E-state index contributed by atoms with van der Waals surface area (Å²) in [6.07, 6.45) is 12.1. The molecule has 0 spiro atoms. The first-order chi connectivity index (χ1) is 9.33. The molecule has 1 atom stereocenters. The average molecular weight is 289 g/mol. The van der Waals surface area contributed by atoms with Crippen molar-refractivity contribution in [3.05, 3.63) is 0 Å². The summed E-state index contributed by atoms with van der Waals surface area (Å²) in [7, 11) is 0. The van der Waals surface area contributed by atoms with Crippen LogP contribution in [-0.4, -0.2) is 21.9 Å². The van der Waals surface area contributed by atoms with E-state index in [-0.39, 0.29) is 0 Å². The molecule has 0 fully saturated rings. The molecule has 0 aromatic heterocycles. The van der Waals surface area contributed by atoms with Crippen LogP contribution in [0.15, 0.2) is 0 Å². The Labute approximate surface area is 124 Å². The second-order valence-corrected chi connectivity index (χ2v) is 5.68. The van der Waals surface area contributed by atoms with Gasteiger partial charge in [0.1, 0.15) is 5.72 Å². The third-order valence-corrected chi connectivity index (χ3v) is 3.21. The van der Waals surface area contributed by atoms with Gasteiger partial charge in [0.05, 0.1) is 0 Å². The molecule has 1 unspecified atom stereocenters. The first-order valence-corrected chi connectivity index (χ1v) is 8.06. The van der Waals surface area contributed by atoms with Crippen molar-refractivity contribution in [3.63, 3.8) is 0 Å². The number of aliphatic carboxylic acids is 1. The topological polar surface area (TPSA) is 83.5 Å². The van der Waals surface area contributed by atoms with Crippen molar-refractivity contribution in [3.8, 4) is 0 Å². The minimum Gasteiger partial charge on any atom is -0.481 e. The van der Waals surface area contributed by atoms with Crippen LogP contribution in [0.5, 0.6) is 0 Å². The molecule has 0 aliphatic heterocycles. The van der Waals surface area contributed by atoms with Gasteiger partial charge in [-0.05, 0) is 19.8 Å². The van der Waals surface area contributed by atoms with Crippen LogP contribution < -0.4 is 5.73 Å². The van der Waals surface area contributed by atoms with E-state index < -0.39 is 11.7 Å². The lowest BCUT2D eigenvalue weighted by Gasteiger charge is -2.11. The molecule has 0 aliphatic carbocycles. The number of hydrogen-bond donors (Lipinski definition) is 3. The van der Waals surface area contributed by atoms with Gasteiger partial charge in [-0.2, -0.15) is 0 Å². The van der Waals surface area contributed by atoms with Crippen molar-refractivity contribution in [2.75, 3.05) is 0 Å². The number of carboxylic acids is 1. The van der Waals surface area contributed by atoms with Gasteiger partial charge in [-0.15, -0.1) is 0 Å². The summed E-state index contributed by atoms with van der Waals surface area (Å²) in [4.78, 5) is 10.2. The fourth-order valence-corrected chi connectivity index (χ4v) is 1.59. The fraction of sp³-hybridized carbons (Fsp3) is 0.938. The van der Waals surface area contributed by atoms with Crippen LogP contribution >= 0.6 is 0 Å². The molecule has 0 heterocycles. The zero-order valence-corrected chi connectivity index (χ0v) is 13.7. The highest BCUT2D eigenvalue weighted by Gasteiger charge is 2.06. The monoisotopic (exact) mass is 289 g/mol. The van der Waals surface area contributed by atoms with E-state index in [2.05, 4.69) is 6.92 Å². The van der Waals surface area contributed by atoms with Crippen molar-refractivity contribution in [2.45, 2.75) is 97.1 Å². The van der Waals surface area contributed by atoms with Crippen LogP contribution in [0.25, 0.3) is 0 Å². The second-order valence-electron chi connectivity index (χ2n) is 5.68. The Morgan fingerprint density at radius 1 is 0.950 bits per heavy atom. The minimum atomic E-state index is -0.958. The van der Waals surface area contributed by atoms with E-state index in [1.54, 1.807) is 6.92 Å². The first kappa shape index (κ1) is 21.7. The highest BCUT2D eigenvalue weighted by Crippen LogP contribution is 2.10. The number of nitrogens with two attached hydrogens (primary N) is 1. The predicted molar refractivity (Wildman–Crippen MR) is 84.6 cm³/mol. The SMILES string of the molecule is CCC(C)(N)O.CCCCCCCCCCCC(=O)O. The molecule has 0 aliphatic rings. The van der Waals surface area contributed by atoms with E-state index in [1.165, 1.54) is 44.9 Å². The molecular formula is C16H35NO3. The van der Waals surface area contributed by atoms with Gasteiger partial charge in [0.15, 0.2) is 0 Å². The fourth-order valence-electron chi connectivity index (χ4n) is 1.59. The van der Waals surface area contributed by atoms with E-state index in [4.69, 9.17) is 15.9 Å². The molecule has 4 nitrogen and oxygen atoms in total. The van der Waals surface area contributed by atoms with Crippen LogP contribution in [-0.2, 0) is 4.79 Å². The lowest BCUT2D eigenvalue weighted by atomic mass is 10.1. The van der Waals surface area contributed by atoms with Crippen LogP contribution in [0.4, 0.5) is 0 Å². The van der Waals surface area contributed by atoms with Crippen LogP contribution in [0, 0.1) is 0 Å². The smallest absolute Gasteiger partial charge is 0.303 e. The molecule has 0 bridgehead atoms. The summed E-state index contributed by atoms with van der Waals surface area (Å²) < 4.78 is 0. The summed E-state index contributed by atoms with van der Waals surface area (Å²) in [5.41, 5.74) is 4.13. The maximum atomic E-state index is 10.2. The molecule has 0 aromatic carbocycles. The summed E-state index contributed by atoms with van der Waals surface area (Å²) >= 11 is 0. The van der Waals surface area contributed by atoms with Gasteiger partial charge in [0.25, 0.3) is 0 Å². The van der Waals surface area contributed by atoms with Crippen molar-refractivity contribution in [1.82, 2.24) is 0 Å². The Morgan fingerprint density at radius 2 is 1.30 bits per heavy atom. The molecular weight excluding hydrogens is 254 g/mol. The van der Waals surface area contributed by atoms with E-state index in [9.17, 15) is 4.79 Å². The summed E-state index contributed by atoms with van der Waals surface area (Å²) in [5.74, 6) is -0.659. The Balaban J connectivity index is 0. The van der Waals surface area contributed by atoms with Gasteiger partial charge < -0.3 is 15.9 Å². The molecule has 4 heteroatoms. The highest BCUT2D eigenvalue weighted by molar-refractivity contribution is 5.66. The van der Waals surface area contributed by atoms with Crippen LogP contribution in [0.3, 0.4) is 0 Å². The number of unbranched alkanes of at least 4 members (excludes halogenated alkanes) is 8. The van der Waals surface area contributed by atoms with Crippen molar-refractivity contribution in [2.24, 2.45) is 5.73 Å². The van der Waals surface area contributed by atoms with Gasteiger partial charge in [-0.1, -0.05) is 65.2 Å². The Kier molecular flexibility index (Phi) is 16.0. The van der Waals surface area contributed by atoms with Gasteiger partial charge in [-0.25, -0.2) is 0 Å². The molecule has 0 amide bonds. The van der Waals surface area contributed by atoms with Crippen molar-refractivity contribution < 1.29 is 15.0 Å².